The molecule has 0 N–H and O–H groups in total. The van der Waals surface area contributed by atoms with Crippen molar-refractivity contribution in [1.29, 1.82) is 0 Å². The van der Waals surface area contributed by atoms with Crippen molar-refractivity contribution >= 4 is 27.7 Å². The van der Waals surface area contributed by atoms with Crippen LogP contribution < -0.4 is 10.4 Å². The van der Waals surface area contributed by atoms with E-state index in [0.717, 1.165) is 23.6 Å². The predicted molar refractivity (Wildman–Crippen MR) is 95.9 cm³/mol. The van der Waals surface area contributed by atoms with Crippen LogP contribution in [-0.4, -0.2) is 18.7 Å². The summed E-state index contributed by atoms with van der Waals surface area (Å²) >= 11 is 0. The number of ether oxygens (including phenoxy) is 2. The van der Waals surface area contributed by atoms with E-state index in [2.05, 4.69) is 0 Å². The molecule has 25 heavy (non-hydrogen) atoms. The van der Waals surface area contributed by atoms with Crippen LogP contribution in [0, 0.1) is 0 Å². The molecule has 0 aliphatic heterocycles. The minimum atomic E-state index is -0.735. The average Bonchev–Trinajstić information content (AvgIpc) is 2.62. The third-order valence-corrected chi connectivity index (χ3v) is 3.98. The summed E-state index contributed by atoms with van der Waals surface area (Å²) in [6, 6.07) is 12.5. The summed E-state index contributed by atoms with van der Waals surface area (Å²) in [4.78, 5) is 24.0. The molecule has 5 nitrogen and oxygen atoms in total. The quantitative estimate of drug-likeness (QED) is 0.293. The lowest BCUT2D eigenvalue weighted by Gasteiger charge is -2.14. The molecule has 130 valence electrons. The molecule has 3 rings (SSSR count). The van der Waals surface area contributed by atoms with Gasteiger partial charge in [0.2, 0.25) is 0 Å². The monoisotopic (exact) mass is 340 g/mol. The van der Waals surface area contributed by atoms with Crippen molar-refractivity contribution in [3.8, 4) is 5.75 Å². The second-order valence-electron chi connectivity index (χ2n) is 5.87. The standard InChI is InChI=1S/C20H20O5/c1-3-4-11-23-19(21)13(2)24-14-9-10-16-15-7-5-6-8-17(15)20(22)25-18(16)12-14/h5-10,12-13H,3-4,11H2,1-2H3/t13-/m1/s1. The summed E-state index contributed by atoms with van der Waals surface area (Å²) in [6.45, 7) is 4.05. The molecule has 0 saturated heterocycles. The van der Waals surface area contributed by atoms with Crippen LogP contribution in [0.3, 0.4) is 0 Å². The Kier molecular flexibility index (Phi) is 5.03. The fourth-order valence-electron chi connectivity index (χ4n) is 2.62. The molecule has 0 saturated carbocycles. The number of carbonyl (C=O) groups excluding carboxylic acids is 1. The first-order valence-corrected chi connectivity index (χ1v) is 8.39. The van der Waals surface area contributed by atoms with E-state index in [0.29, 0.717) is 23.3 Å². The van der Waals surface area contributed by atoms with E-state index in [1.807, 2.05) is 25.1 Å². The molecule has 1 aromatic heterocycles. The van der Waals surface area contributed by atoms with Crippen LogP contribution in [0.1, 0.15) is 26.7 Å². The van der Waals surface area contributed by atoms with Crippen molar-refractivity contribution in [3.63, 3.8) is 0 Å². The van der Waals surface area contributed by atoms with Gasteiger partial charge in [0.05, 0.1) is 12.0 Å². The fraction of sp³-hybridized carbons (Fsp3) is 0.300. The zero-order chi connectivity index (χ0) is 17.8. The van der Waals surface area contributed by atoms with Gasteiger partial charge in [-0.1, -0.05) is 31.5 Å². The Hall–Kier alpha value is -2.82. The summed E-state index contributed by atoms with van der Waals surface area (Å²) in [5.74, 6) is 0.0411. The normalized spacial score (nSPS) is 12.2. The van der Waals surface area contributed by atoms with Crippen molar-refractivity contribution in [2.75, 3.05) is 6.61 Å². The van der Waals surface area contributed by atoms with Gasteiger partial charge >= 0.3 is 11.6 Å². The molecule has 0 radical (unpaired) electrons. The zero-order valence-corrected chi connectivity index (χ0v) is 14.3. The van der Waals surface area contributed by atoms with Crippen molar-refractivity contribution in [1.82, 2.24) is 0 Å². The largest absolute Gasteiger partial charge is 0.479 e. The lowest BCUT2D eigenvalue weighted by molar-refractivity contribution is -0.151. The SMILES string of the molecule is CCCCOC(=O)[C@@H](C)Oc1ccc2c(c1)oc(=O)c1ccccc12. The third-order valence-electron chi connectivity index (χ3n) is 3.98. The van der Waals surface area contributed by atoms with Crippen LogP contribution in [0.2, 0.25) is 0 Å². The number of unbranched alkanes of at least 4 members (excludes halogenated alkanes) is 1. The predicted octanol–water partition coefficient (Wildman–Crippen LogP) is 4.06. The Bertz CT molecular complexity index is 957. The van der Waals surface area contributed by atoms with Gasteiger partial charge in [-0.25, -0.2) is 9.59 Å². The van der Waals surface area contributed by atoms with Crippen molar-refractivity contribution in [2.24, 2.45) is 0 Å². The molecule has 3 aromatic rings. The van der Waals surface area contributed by atoms with Gasteiger partial charge in [0.1, 0.15) is 11.3 Å². The number of hydrogen-bond acceptors (Lipinski definition) is 5. The minimum absolute atomic E-state index is 0.390. The molecule has 0 aliphatic rings. The van der Waals surface area contributed by atoms with E-state index in [9.17, 15) is 9.59 Å². The van der Waals surface area contributed by atoms with Gasteiger partial charge in [-0.05, 0) is 36.9 Å². The summed E-state index contributed by atoms with van der Waals surface area (Å²) in [7, 11) is 0. The molecule has 0 aliphatic carbocycles. The summed E-state index contributed by atoms with van der Waals surface area (Å²) in [5, 5.41) is 2.18. The molecule has 0 unspecified atom stereocenters. The van der Waals surface area contributed by atoms with Gasteiger partial charge in [-0.3, -0.25) is 0 Å². The molecule has 1 atom stereocenters. The maximum Gasteiger partial charge on any atom is 0.347 e. The maximum absolute atomic E-state index is 12.1. The molecule has 5 heteroatoms. The molecule has 0 spiro atoms. The molecular weight excluding hydrogens is 320 g/mol. The molecule has 0 fully saturated rings. The summed E-state index contributed by atoms with van der Waals surface area (Å²) < 4.78 is 16.2. The molecule has 0 bridgehead atoms. The molecular formula is C20H20O5. The second kappa shape index (κ2) is 7.38. The van der Waals surface area contributed by atoms with Crippen LogP contribution in [0.5, 0.6) is 5.75 Å². The van der Waals surface area contributed by atoms with Gasteiger partial charge in [0, 0.05) is 11.5 Å². The Morgan fingerprint density at radius 2 is 1.88 bits per heavy atom. The molecule has 0 amide bonds. The van der Waals surface area contributed by atoms with Crippen LogP contribution in [-0.2, 0) is 9.53 Å². The highest BCUT2D eigenvalue weighted by Gasteiger charge is 2.17. The highest BCUT2D eigenvalue weighted by atomic mass is 16.6. The van der Waals surface area contributed by atoms with Gasteiger partial charge < -0.3 is 13.9 Å². The van der Waals surface area contributed by atoms with Crippen LogP contribution in [0.25, 0.3) is 21.7 Å². The topological polar surface area (TPSA) is 65.7 Å². The summed E-state index contributed by atoms with van der Waals surface area (Å²) in [5.41, 5.74) is 0.0278. The van der Waals surface area contributed by atoms with E-state index >= 15 is 0 Å². The molecule has 1 heterocycles. The Labute approximate surface area is 145 Å². The second-order valence-corrected chi connectivity index (χ2v) is 5.87. The number of esters is 1. The number of rotatable bonds is 6. The van der Waals surface area contributed by atoms with Crippen LogP contribution in [0.15, 0.2) is 51.7 Å². The Morgan fingerprint density at radius 1 is 1.12 bits per heavy atom. The van der Waals surface area contributed by atoms with E-state index in [4.69, 9.17) is 13.9 Å². The Morgan fingerprint density at radius 3 is 2.64 bits per heavy atom. The highest BCUT2D eigenvalue weighted by Crippen LogP contribution is 2.26. The van der Waals surface area contributed by atoms with Crippen LogP contribution in [0.4, 0.5) is 0 Å². The lowest BCUT2D eigenvalue weighted by atomic mass is 10.1. The van der Waals surface area contributed by atoms with Crippen molar-refractivity contribution in [2.45, 2.75) is 32.8 Å². The zero-order valence-electron chi connectivity index (χ0n) is 14.3. The first-order chi connectivity index (χ1) is 12.1. The number of benzene rings is 2. The average molecular weight is 340 g/mol. The van der Waals surface area contributed by atoms with Gasteiger partial charge in [0.25, 0.3) is 0 Å². The van der Waals surface area contributed by atoms with E-state index in [-0.39, 0.29) is 0 Å². The highest BCUT2D eigenvalue weighted by molar-refractivity contribution is 6.04. The first-order valence-electron chi connectivity index (χ1n) is 8.39. The molecule has 2 aromatic carbocycles. The lowest BCUT2D eigenvalue weighted by Crippen LogP contribution is -2.26. The van der Waals surface area contributed by atoms with Crippen molar-refractivity contribution < 1.29 is 18.7 Å². The van der Waals surface area contributed by atoms with Gasteiger partial charge in [0.15, 0.2) is 6.10 Å². The minimum Gasteiger partial charge on any atom is -0.479 e. The number of carbonyl (C=O) groups is 1. The number of hydrogen-bond donors (Lipinski definition) is 0. The van der Waals surface area contributed by atoms with Gasteiger partial charge in [-0.2, -0.15) is 0 Å². The smallest absolute Gasteiger partial charge is 0.347 e. The van der Waals surface area contributed by atoms with Crippen LogP contribution >= 0.6 is 0 Å². The summed E-state index contributed by atoms with van der Waals surface area (Å²) in [6.07, 6.45) is 1.05. The number of fused-ring (bicyclic) bond motifs is 3. The van der Waals surface area contributed by atoms with E-state index < -0.39 is 17.7 Å². The van der Waals surface area contributed by atoms with E-state index in [1.54, 1.807) is 31.2 Å². The van der Waals surface area contributed by atoms with Gasteiger partial charge in [-0.15, -0.1) is 0 Å². The first kappa shape index (κ1) is 17.0. The maximum atomic E-state index is 12.1. The van der Waals surface area contributed by atoms with E-state index in [1.165, 1.54) is 0 Å². The van der Waals surface area contributed by atoms with Crippen molar-refractivity contribution in [3.05, 3.63) is 52.9 Å². The fourth-order valence-corrected chi connectivity index (χ4v) is 2.62. The Balaban J connectivity index is 1.85. The third kappa shape index (κ3) is 3.65.